The molecule has 1 aromatic heterocycles. The van der Waals surface area contributed by atoms with Crippen LogP contribution in [0.25, 0.3) is 0 Å². The summed E-state index contributed by atoms with van der Waals surface area (Å²) in [5.74, 6) is 0.482. The summed E-state index contributed by atoms with van der Waals surface area (Å²) < 4.78 is 0. The van der Waals surface area contributed by atoms with Crippen LogP contribution in [0.15, 0.2) is 66.9 Å². The normalized spacial score (nSPS) is 10.3. The smallest absolute Gasteiger partial charge is 0.229 e. The molecule has 0 aliphatic carbocycles. The van der Waals surface area contributed by atoms with Gasteiger partial charge in [0, 0.05) is 5.69 Å². The molecule has 0 bridgehead atoms. The van der Waals surface area contributed by atoms with Crippen molar-refractivity contribution in [1.29, 1.82) is 0 Å². The van der Waals surface area contributed by atoms with Crippen LogP contribution in [0.2, 0.25) is 0 Å². The molecule has 2 aromatic carbocycles. The van der Waals surface area contributed by atoms with E-state index in [0.29, 0.717) is 12.2 Å². The van der Waals surface area contributed by atoms with Gasteiger partial charge in [-0.05, 0) is 48.7 Å². The number of hydrogen-bond donors (Lipinski definition) is 2. The second kappa shape index (κ2) is 7.62. The number of amides is 1. The lowest BCUT2D eigenvalue weighted by Crippen LogP contribution is -2.15. The van der Waals surface area contributed by atoms with E-state index in [1.54, 1.807) is 12.3 Å². The number of para-hydroxylation sites is 1. The first-order valence-corrected chi connectivity index (χ1v) is 8.25. The Kier molecular flexibility index (Phi) is 5.09. The van der Waals surface area contributed by atoms with Crippen LogP contribution in [0.5, 0.6) is 0 Å². The minimum absolute atomic E-state index is 0.0681. The van der Waals surface area contributed by atoms with Crippen molar-refractivity contribution in [3.8, 4) is 0 Å². The Morgan fingerprint density at radius 1 is 0.920 bits per heavy atom. The molecule has 1 amide bonds. The van der Waals surface area contributed by atoms with Gasteiger partial charge < -0.3 is 10.6 Å². The number of nitrogens with zero attached hydrogens (tertiary/aromatic N) is 1. The Hall–Kier alpha value is -3.14. The van der Waals surface area contributed by atoms with Gasteiger partial charge >= 0.3 is 0 Å². The predicted molar refractivity (Wildman–Crippen MR) is 102 cm³/mol. The first-order valence-electron chi connectivity index (χ1n) is 8.25. The highest BCUT2D eigenvalue weighted by Crippen LogP contribution is 2.20. The Morgan fingerprint density at radius 3 is 2.32 bits per heavy atom. The zero-order chi connectivity index (χ0) is 17.6. The van der Waals surface area contributed by atoms with E-state index in [0.717, 1.165) is 28.1 Å². The number of nitrogens with one attached hydrogen (secondary N) is 2. The minimum atomic E-state index is -0.0681. The van der Waals surface area contributed by atoms with Crippen molar-refractivity contribution in [2.45, 2.75) is 20.3 Å². The highest BCUT2D eigenvalue weighted by Gasteiger charge is 2.07. The molecule has 4 heteroatoms. The van der Waals surface area contributed by atoms with Gasteiger partial charge in [-0.15, -0.1) is 0 Å². The Labute approximate surface area is 147 Å². The molecule has 0 fully saturated rings. The standard InChI is InChI=1S/C21H21N3O/c1-15-7-3-5-9-17(15)13-21(25)24-20-12-11-18(14-22-20)23-19-10-6-4-8-16(19)2/h3-12,14,23H,13H2,1-2H3,(H,22,24,25). The van der Waals surface area contributed by atoms with Gasteiger partial charge in [-0.2, -0.15) is 0 Å². The molecule has 3 aromatic rings. The maximum Gasteiger partial charge on any atom is 0.229 e. The maximum atomic E-state index is 12.2. The minimum Gasteiger partial charge on any atom is -0.354 e. The van der Waals surface area contributed by atoms with Crippen molar-refractivity contribution < 1.29 is 4.79 Å². The molecular weight excluding hydrogens is 310 g/mol. The number of hydrogen-bond acceptors (Lipinski definition) is 3. The average Bonchev–Trinajstić information content (AvgIpc) is 2.61. The third kappa shape index (κ3) is 4.44. The number of aryl methyl sites for hydroxylation is 2. The van der Waals surface area contributed by atoms with E-state index in [4.69, 9.17) is 0 Å². The molecule has 0 aliphatic rings. The first kappa shape index (κ1) is 16.7. The lowest BCUT2D eigenvalue weighted by molar-refractivity contribution is -0.115. The van der Waals surface area contributed by atoms with E-state index in [1.165, 1.54) is 0 Å². The Morgan fingerprint density at radius 2 is 1.64 bits per heavy atom. The molecule has 0 saturated carbocycles. The second-order valence-electron chi connectivity index (χ2n) is 6.02. The van der Waals surface area contributed by atoms with Crippen molar-refractivity contribution in [3.63, 3.8) is 0 Å². The summed E-state index contributed by atoms with van der Waals surface area (Å²) >= 11 is 0. The molecular formula is C21H21N3O. The Balaban J connectivity index is 1.62. The van der Waals surface area contributed by atoms with Gasteiger partial charge in [0.25, 0.3) is 0 Å². The molecule has 0 spiro atoms. The van der Waals surface area contributed by atoms with Crippen molar-refractivity contribution in [1.82, 2.24) is 4.98 Å². The molecule has 126 valence electrons. The van der Waals surface area contributed by atoms with E-state index in [-0.39, 0.29) is 5.91 Å². The quantitative estimate of drug-likeness (QED) is 0.717. The second-order valence-corrected chi connectivity index (χ2v) is 6.02. The van der Waals surface area contributed by atoms with Crippen LogP contribution < -0.4 is 10.6 Å². The van der Waals surface area contributed by atoms with Crippen molar-refractivity contribution >= 4 is 23.1 Å². The predicted octanol–water partition coefficient (Wildman–Crippen LogP) is 4.62. The molecule has 2 N–H and O–H groups in total. The summed E-state index contributed by atoms with van der Waals surface area (Å²) in [4.78, 5) is 16.5. The molecule has 0 aliphatic heterocycles. The van der Waals surface area contributed by atoms with Crippen molar-refractivity contribution in [2.24, 2.45) is 0 Å². The number of anilines is 3. The van der Waals surface area contributed by atoms with Gasteiger partial charge in [0.15, 0.2) is 0 Å². The summed E-state index contributed by atoms with van der Waals surface area (Å²) in [6.07, 6.45) is 2.06. The molecule has 4 nitrogen and oxygen atoms in total. The summed E-state index contributed by atoms with van der Waals surface area (Å²) in [6.45, 7) is 4.06. The number of rotatable bonds is 5. The third-order valence-corrected chi connectivity index (χ3v) is 4.07. The monoisotopic (exact) mass is 331 g/mol. The van der Waals surface area contributed by atoms with Gasteiger partial charge in [0.05, 0.1) is 18.3 Å². The van der Waals surface area contributed by atoms with Gasteiger partial charge in [-0.3, -0.25) is 4.79 Å². The number of carbonyl (C=O) groups is 1. The lowest BCUT2D eigenvalue weighted by Gasteiger charge is -2.10. The van der Waals surface area contributed by atoms with E-state index in [2.05, 4.69) is 28.6 Å². The highest BCUT2D eigenvalue weighted by molar-refractivity contribution is 5.91. The third-order valence-electron chi connectivity index (χ3n) is 4.07. The molecule has 1 heterocycles. The summed E-state index contributed by atoms with van der Waals surface area (Å²) in [5.41, 5.74) is 5.23. The zero-order valence-corrected chi connectivity index (χ0v) is 14.4. The van der Waals surface area contributed by atoms with Crippen LogP contribution in [-0.2, 0) is 11.2 Å². The van der Waals surface area contributed by atoms with Crippen LogP contribution in [-0.4, -0.2) is 10.9 Å². The number of pyridine rings is 1. The van der Waals surface area contributed by atoms with Gasteiger partial charge in [0.1, 0.15) is 5.82 Å². The van der Waals surface area contributed by atoms with E-state index in [1.807, 2.05) is 55.5 Å². The molecule has 25 heavy (non-hydrogen) atoms. The van der Waals surface area contributed by atoms with Crippen molar-refractivity contribution in [3.05, 3.63) is 83.6 Å². The summed E-state index contributed by atoms with van der Waals surface area (Å²) in [5, 5.41) is 6.17. The number of carbonyl (C=O) groups excluding carboxylic acids is 1. The molecule has 0 unspecified atom stereocenters. The molecule has 0 saturated heterocycles. The average molecular weight is 331 g/mol. The van der Waals surface area contributed by atoms with Crippen LogP contribution in [0.4, 0.5) is 17.2 Å². The Bertz CT molecular complexity index is 872. The van der Waals surface area contributed by atoms with Gasteiger partial charge in [-0.1, -0.05) is 42.5 Å². The van der Waals surface area contributed by atoms with Crippen LogP contribution in [0.1, 0.15) is 16.7 Å². The number of benzene rings is 2. The number of aromatic nitrogens is 1. The van der Waals surface area contributed by atoms with Crippen LogP contribution >= 0.6 is 0 Å². The summed E-state index contributed by atoms with van der Waals surface area (Å²) in [7, 11) is 0. The van der Waals surface area contributed by atoms with Gasteiger partial charge in [-0.25, -0.2) is 4.98 Å². The molecule has 3 rings (SSSR count). The van der Waals surface area contributed by atoms with E-state index >= 15 is 0 Å². The fourth-order valence-electron chi connectivity index (χ4n) is 2.58. The van der Waals surface area contributed by atoms with Gasteiger partial charge in [0.2, 0.25) is 5.91 Å². The van der Waals surface area contributed by atoms with Crippen LogP contribution in [0.3, 0.4) is 0 Å². The van der Waals surface area contributed by atoms with Crippen LogP contribution in [0, 0.1) is 13.8 Å². The lowest BCUT2D eigenvalue weighted by atomic mass is 10.1. The van der Waals surface area contributed by atoms with E-state index < -0.39 is 0 Å². The zero-order valence-electron chi connectivity index (χ0n) is 14.4. The highest BCUT2D eigenvalue weighted by atomic mass is 16.1. The van der Waals surface area contributed by atoms with Crippen molar-refractivity contribution in [2.75, 3.05) is 10.6 Å². The maximum absolute atomic E-state index is 12.2. The molecule has 0 radical (unpaired) electrons. The summed E-state index contributed by atoms with van der Waals surface area (Å²) in [6, 6.07) is 19.7. The SMILES string of the molecule is Cc1ccccc1CC(=O)Nc1ccc(Nc2ccccc2C)cn1. The largest absolute Gasteiger partial charge is 0.354 e. The fourth-order valence-corrected chi connectivity index (χ4v) is 2.58. The fraction of sp³-hybridized carbons (Fsp3) is 0.143. The molecule has 0 atom stereocenters. The van der Waals surface area contributed by atoms with E-state index in [9.17, 15) is 4.79 Å². The first-order chi connectivity index (χ1) is 12.1. The topological polar surface area (TPSA) is 54.0 Å².